The molecule has 0 heterocycles. The van der Waals surface area contributed by atoms with Crippen molar-refractivity contribution >= 4 is 23.5 Å². The van der Waals surface area contributed by atoms with Gasteiger partial charge in [0.15, 0.2) is 0 Å². The molecule has 3 aromatic carbocycles. The number of carboxylic acid groups (broad SMARTS) is 1. The molecule has 0 unspecified atom stereocenters. The second kappa shape index (κ2) is 10.3. The Labute approximate surface area is 200 Å². The Morgan fingerprint density at radius 3 is 2.18 bits per heavy atom. The predicted octanol–water partition coefficient (Wildman–Crippen LogP) is 5.28. The zero-order chi connectivity index (χ0) is 24.9. The Morgan fingerprint density at radius 2 is 1.56 bits per heavy atom. The highest BCUT2D eigenvalue weighted by Crippen LogP contribution is 2.27. The minimum Gasteiger partial charge on any atom is -0.478 e. The number of carbonyl (C=O) groups is 3. The van der Waals surface area contributed by atoms with Gasteiger partial charge < -0.3 is 15.7 Å². The lowest BCUT2D eigenvalue weighted by molar-refractivity contribution is -0.116. The Kier molecular flexibility index (Phi) is 7.51. The molecular formula is C28H30N2O4. The third kappa shape index (κ3) is 6.10. The first kappa shape index (κ1) is 24.7. The zero-order valence-corrected chi connectivity index (χ0v) is 19.9. The molecule has 0 aromatic heterocycles. The summed E-state index contributed by atoms with van der Waals surface area (Å²) in [5.74, 6) is -1.62. The van der Waals surface area contributed by atoms with Gasteiger partial charge in [-0.1, -0.05) is 63.2 Å². The first-order chi connectivity index (χ1) is 16.1. The minimum atomic E-state index is -1.14. The van der Waals surface area contributed by atoms with Crippen molar-refractivity contribution in [3.63, 3.8) is 0 Å². The highest BCUT2D eigenvalue weighted by atomic mass is 16.4. The summed E-state index contributed by atoms with van der Waals surface area (Å²) in [4.78, 5) is 36.4. The molecule has 3 rings (SSSR count). The largest absolute Gasteiger partial charge is 0.478 e. The van der Waals surface area contributed by atoms with Crippen LogP contribution in [0.15, 0.2) is 66.7 Å². The number of anilines is 1. The molecule has 34 heavy (non-hydrogen) atoms. The number of nitrogens with one attached hydrogen (secondary N) is 2. The first-order valence-corrected chi connectivity index (χ1v) is 11.2. The van der Waals surface area contributed by atoms with Crippen molar-refractivity contribution in [2.45, 2.75) is 39.0 Å². The topological polar surface area (TPSA) is 95.5 Å². The third-order valence-electron chi connectivity index (χ3n) is 5.67. The van der Waals surface area contributed by atoms with Crippen molar-refractivity contribution in [2.24, 2.45) is 0 Å². The number of amides is 2. The van der Waals surface area contributed by atoms with Gasteiger partial charge in [0, 0.05) is 19.0 Å². The van der Waals surface area contributed by atoms with E-state index in [9.17, 15) is 19.5 Å². The summed E-state index contributed by atoms with van der Waals surface area (Å²) in [5, 5.41) is 15.0. The fourth-order valence-electron chi connectivity index (χ4n) is 3.64. The minimum absolute atomic E-state index is 0.00859. The van der Waals surface area contributed by atoms with Gasteiger partial charge in [-0.05, 0) is 58.4 Å². The molecule has 2 amide bonds. The lowest BCUT2D eigenvalue weighted by atomic mass is 9.86. The molecule has 6 heteroatoms. The van der Waals surface area contributed by atoms with Gasteiger partial charge in [0.1, 0.15) is 0 Å². The highest BCUT2D eigenvalue weighted by molar-refractivity contribution is 6.02. The summed E-state index contributed by atoms with van der Waals surface area (Å²) in [6.45, 7) is 6.46. The van der Waals surface area contributed by atoms with E-state index < -0.39 is 5.97 Å². The van der Waals surface area contributed by atoms with Crippen molar-refractivity contribution < 1.29 is 19.5 Å². The Hall–Kier alpha value is -3.93. The maximum Gasteiger partial charge on any atom is 0.337 e. The van der Waals surface area contributed by atoms with Crippen LogP contribution in [-0.4, -0.2) is 29.9 Å². The van der Waals surface area contributed by atoms with Crippen molar-refractivity contribution in [3.05, 3.63) is 89.0 Å². The fraction of sp³-hybridized carbons (Fsp3) is 0.250. The van der Waals surface area contributed by atoms with Crippen molar-refractivity contribution in [1.29, 1.82) is 0 Å². The molecule has 0 saturated heterocycles. The molecule has 176 valence electrons. The third-order valence-corrected chi connectivity index (χ3v) is 5.67. The summed E-state index contributed by atoms with van der Waals surface area (Å²) in [6.07, 6.45) is 0.798. The maximum absolute atomic E-state index is 12.5. The molecule has 0 bridgehead atoms. The van der Waals surface area contributed by atoms with E-state index in [1.54, 1.807) is 43.4 Å². The summed E-state index contributed by atoms with van der Waals surface area (Å²) in [5.41, 5.74) is 4.40. The van der Waals surface area contributed by atoms with Gasteiger partial charge in [0.05, 0.1) is 11.3 Å². The monoisotopic (exact) mass is 458 g/mol. The summed E-state index contributed by atoms with van der Waals surface area (Å²) < 4.78 is 0. The van der Waals surface area contributed by atoms with Crippen LogP contribution in [-0.2, 0) is 16.6 Å². The van der Waals surface area contributed by atoms with E-state index in [2.05, 4.69) is 43.5 Å². The van der Waals surface area contributed by atoms with Crippen molar-refractivity contribution in [3.8, 4) is 11.1 Å². The number of hydrogen-bond acceptors (Lipinski definition) is 3. The quantitative estimate of drug-likeness (QED) is 0.449. The molecule has 3 N–H and O–H groups in total. The average molecular weight is 459 g/mol. The average Bonchev–Trinajstić information content (AvgIpc) is 2.82. The number of aromatic carboxylic acids is 1. The Bertz CT molecular complexity index is 1210. The smallest absolute Gasteiger partial charge is 0.337 e. The van der Waals surface area contributed by atoms with Crippen LogP contribution in [0, 0.1) is 0 Å². The van der Waals surface area contributed by atoms with E-state index in [0.29, 0.717) is 23.1 Å². The molecule has 0 spiro atoms. The number of aryl methyl sites for hydroxylation is 1. The lowest BCUT2D eigenvalue weighted by Crippen LogP contribution is -2.17. The SMILES string of the molecule is CNC(=O)c1cccc(-c2ccc(NC(=O)CCc3ccc(C(C)(C)C)cc3)c(C(=O)O)c2)c1. The number of rotatable bonds is 7. The maximum atomic E-state index is 12.5. The van der Waals surface area contributed by atoms with Crippen LogP contribution < -0.4 is 10.6 Å². The second-order valence-electron chi connectivity index (χ2n) is 9.22. The number of carboxylic acids is 1. The first-order valence-electron chi connectivity index (χ1n) is 11.2. The molecule has 0 aliphatic carbocycles. The lowest BCUT2D eigenvalue weighted by Gasteiger charge is -2.19. The normalized spacial score (nSPS) is 11.1. The van der Waals surface area contributed by atoms with Gasteiger partial charge in [-0.3, -0.25) is 9.59 Å². The summed E-state index contributed by atoms with van der Waals surface area (Å²) in [7, 11) is 1.55. The molecular weight excluding hydrogens is 428 g/mol. The van der Waals surface area contributed by atoms with Crippen molar-refractivity contribution in [2.75, 3.05) is 12.4 Å². The van der Waals surface area contributed by atoms with Crippen LogP contribution in [0.4, 0.5) is 5.69 Å². The van der Waals surface area contributed by atoms with Gasteiger partial charge in [-0.25, -0.2) is 4.79 Å². The van der Waals surface area contributed by atoms with E-state index in [-0.39, 0.29) is 34.9 Å². The van der Waals surface area contributed by atoms with E-state index in [1.165, 1.54) is 11.6 Å². The van der Waals surface area contributed by atoms with Crippen LogP contribution >= 0.6 is 0 Å². The second-order valence-corrected chi connectivity index (χ2v) is 9.22. The predicted molar refractivity (Wildman–Crippen MR) is 134 cm³/mol. The molecule has 3 aromatic rings. The number of benzene rings is 3. The molecule has 0 aliphatic heterocycles. The zero-order valence-electron chi connectivity index (χ0n) is 19.9. The van der Waals surface area contributed by atoms with E-state index in [0.717, 1.165) is 5.56 Å². The fourth-order valence-corrected chi connectivity index (χ4v) is 3.64. The summed E-state index contributed by atoms with van der Waals surface area (Å²) >= 11 is 0. The molecule has 6 nitrogen and oxygen atoms in total. The van der Waals surface area contributed by atoms with Crippen molar-refractivity contribution in [1.82, 2.24) is 5.32 Å². The molecule has 0 saturated carbocycles. The Balaban J connectivity index is 1.73. The van der Waals surface area contributed by atoms with Gasteiger partial charge >= 0.3 is 5.97 Å². The summed E-state index contributed by atoms with van der Waals surface area (Å²) in [6, 6.07) is 20.0. The van der Waals surface area contributed by atoms with E-state index in [1.807, 2.05) is 12.1 Å². The standard InChI is InChI=1S/C28H30N2O4/c1-28(2,3)22-12-8-18(9-13-22)10-15-25(31)30-24-14-11-20(17-23(24)27(33)34)19-6-5-7-21(16-19)26(32)29-4/h5-9,11-14,16-17H,10,15H2,1-4H3,(H,29,32)(H,30,31)(H,33,34). The van der Waals surface area contributed by atoms with Crippen LogP contribution in [0.1, 0.15) is 59.0 Å². The molecule has 0 atom stereocenters. The Morgan fingerprint density at radius 1 is 0.882 bits per heavy atom. The van der Waals surface area contributed by atoms with Crippen LogP contribution in [0.5, 0.6) is 0 Å². The number of carbonyl (C=O) groups excluding carboxylic acids is 2. The molecule has 0 fully saturated rings. The van der Waals surface area contributed by atoms with E-state index in [4.69, 9.17) is 0 Å². The van der Waals surface area contributed by atoms with Gasteiger partial charge in [0.25, 0.3) is 5.91 Å². The van der Waals surface area contributed by atoms with Crippen LogP contribution in [0.25, 0.3) is 11.1 Å². The van der Waals surface area contributed by atoms with Gasteiger partial charge in [-0.2, -0.15) is 0 Å². The van der Waals surface area contributed by atoms with E-state index >= 15 is 0 Å². The van der Waals surface area contributed by atoms with Crippen LogP contribution in [0.2, 0.25) is 0 Å². The molecule has 0 radical (unpaired) electrons. The number of hydrogen-bond donors (Lipinski definition) is 3. The van der Waals surface area contributed by atoms with Gasteiger partial charge in [-0.15, -0.1) is 0 Å². The van der Waals surface area contributed by atoms with Crippen LogP contribution in [0.3, 0.4) is 0 Å². The molecule has 0 aliphatic rings. The van der Waals surface area contributed by atoms with Gasteiger partial charge in [0.2, 0.25) is 5.91 Å². The highest BCUT2D eigenvalue weighted by Gasteiger charge is 2.16.